The Labute approximate surface area is 243 Å². The van der Waals surface area contributed by atoms with E-state index in [0.29, 0.717) is 25.6 Å². The molecule has 2 unspecified atom stereocenters. The molecule has 3 aromatic carbocycles. The first-order valence-corrected chi connectivity index (χ1v) is 14.6. The molecule has 41 heavy (non-hydrogen) atoms. The maximum absolute atomic E-state index is 9.69. The van der Waals surface area contributed by atoms with Gasteiger partial charge in [0.05, 0.1) is 13.2 Å². The van der Waals surface area contributed by atoms with Gasteiger partial charge in [-0.25, -0.2) is 5.53 Å². The Kier molecular flexibility index (Phi) is 8.92. The lowest BCUT2D eigenvalue weighted by Crippen LogP contribution is -2.31. The number of hydrazine groups is 1. The summed E-state index contributed by atoms with van der Waals surface area (Å²) in [6.45, 7) is 11.6. The van der Waals surface area contributed by atoms with Crippen molar-refractivity contribution in [2.24, 2.45) is 10.3 Å². The van der Waals surface area contributed by atoms with E-state index in [0.717, 1.165) is 37.2 Å². The molecule has 8 nitrogen and oxygen atoms in total. The van der Waals surface area contributed by atoms with Crippen LogP contribution in [0.2, 0.25) is 0 Å². The number of aliphatic hydroxyl groups is 1. The molecule has 1 aliphatic carbocycles. The second-order valence-electron chi connectivity index (χ2n) is 11.7. The predicted molar refractivity (Wildman–Crippen MR) is 163 cm³/mol. The van der Waals surface area contributed by atoms with Gasteiger partial charge in [-0.15, -0.1) is 5.11 Å². The molecular formula is C33H43N5O3. The molecule has 0 radical (unpaired) electrons. The van der Waals surface area contributed by atoms with E-state index in [2.05, 4.69) is 95.9 Å². The van der Waals surface area contributed by atoms with Crippen LogP contribution in [-0.4, -0.2) is 30.3 Å². The SMILES string of the molecule is Cc1cc(OCCCOC(C)(C)O)cc(C)c1-c1cccc(CNc2ccc3c(c2)CCC3CC2N=NNN2)c1C. The number of anilines is 1. The summed E-state index contributed by atoms with van der Waals surface area (Å²) in [5, 5.41) is 21.4. The topological polar surface area (TPSA) is 99.5 Å². The van der Waals surface area contributed by atoms with Gasteiger partial charge in [0.25, 0.3) is 0 Å². The molecule has 0 saturated carbocycles. The summed E-state index contributed by atoms with van der Waals surface area (Å²) in [6, 6.07) is 17.6. The van der Waals surface area contributed by atoms with Crippen molar-refractivity contribution < 1.29 is 14.6 Å². The second kappa shape index (κ2) is 12.6. The van der Waals surface area contributed by atoms with Crippen molar-refractivity contribution in [3.63, 3.8) is 0 Å². The van der Waals surface area contributed by atoms with Gasteiger partial charge >= 0.3 is 0 Å². The molecule has 5 rings (SSSR count). The minimum atomic E-state index is -1.11. The van der Waals surface area contributed by atoms with E-state index in [4.69, 9.17) is 9.47 Å². The van der Waals surface area contributed by atoms with Gasteiger partial charge in [-0.1, -0.05) is 29.5 Å². The van der Waals surface area contributed by atoms with Crippen molar-refractivity contribution in [2.75, 3.05) is 18.5 Å². The van der Waals surface area contributed by atoms with Gasteiger partial charge < -0.3 is 19.9 Å². The summed E-state index contributed by atoms with van der Waals surface area (Å²) < 4.78 is 11.4. The Morgan fingerprint density at radius 1 is 1.05 bits per heavy atom. The first kappa shape index (κ1) is 29.0. The molecule has 218 valence electrons. The third-order valence-corrected chi connectivity index (χ3v) is 8.05. The van der Waals surface area contributed by atoms with Crippen LogP contribution in [0.25, 0.3) is 11.1 Å². The Bertz CT molecular complexity index is 1380. The highest BCUT2D eigenvalue weighted by molar-refractivity contribution is 5.75. The van der Waals surface area contributed by atoms with Crippen LogP contribution in [0.5, 0.6) is 5.75 Å². The average Bonchev–Trinajstić information content (AvgIpc) is 3.58. The van der Waals surface area contributed by atoms with Gasteiger partial charge in [-0.3, -0.25) is 0 Å². The fraction of sp³-hybridized carbons (Fsp3) is 0.455. The molecule has 0 aromatic heterocycles. The van der Waals surface area contributed by atoms with Gasteiger partial charge in [0, 0.05) is 18.7 Å². The number of aryl methyl sites for hydroxylation is 3. The van der Waals surface area contributed by atoms with Gasteiger partial charge in [0.2, 0.25) is 0 Å². The molecule has 1 aliphatic heterocycles. The molecule has 3 aromatic rings. The van der Waals surface area contributed by atoms with Crippen molar-refractivity contribution >= 4 is 5.69 Å². The number of hydrogen-bond acceptors (Lipinski definition) is 8. The fourth-order valence-electron chi connectivity index (χ4n) is 6.01. The Morgan fingerprint density at radius 3 is 2.59 bits per heavy atom. The normalized spacial score (nSPS) is 17.9. The van der Waals surface area contributed by atoms with Gasteiger partial charge in [0.15, 0.2) is 5.79 Å². The van der Waals surface area contributed by atoms with Crippen LogP contribution in [0.1, 0.15) is 72.4 Å². The minimum absolute atomic E-state index is 0.0559. The zero-order valence-electron chi connectivity index (χ0n) is 24.9. The number of rotatable bonds is 12. The van der Waals surface area contributed by atoms with Gasteiger partial charge in [-0.2, -0.15) is 5.43 Å². The number of benzene rings is 3. The smallest absolute Gasteiger partial charge is 0.159 e. The van der Waals surface area contributed by atoms with Crippen molar-refractivity contribution in [2.45, 2.75) is 84.7 Å². The van der Waals surface area contributed by atoms with Crippen LogP contribution in [0.4, 0.5) is 5.69 Å². The summed E-state index contributed by atoms with van der Waals surface area (Å²) in [5.74, 6) is 0.271. The third kappa shape index (κ3) is 7.25. The molecule has 4 N–H and O–H groups in total. The van der Waals surface area contributed by atoms with E-state index in [9.17, 15) is 5.11 Å². The van der Waals surface area contributed by atoms with E-state index in [-0.39, 0.29) is 6.17 Å². The number of hydrogen-bond donors (Lipinski definition) is 4. The van der Waals surface area contributed by atoms with Crippen LogP contribution in [0.3, 0.4) is 0 Å². The molecule has 2 atom stereocenters. The summed E-state index contributed by atoms with van der Waals surface area (Å²) in [4.78, 5) is 0. The van der Waals surface area contributed by atoms with E-state index < -0.39 is 5.79 Å². The zero-order valence-corrected chi connectivity index (χ0v) is 24.9. The zero-order chi connectivity index (χ0) is 29.0. The van der Waals surface area contributed by atoms with E-state index in [1.807, 2.05) is 0 Å². The molecule has 8 heteroatoms. The Hall–Kier alpha value is -3.46. The first-order valence-electron chi connectivity index (χ1n) is 14.6. The maximum atomic E-state index is 9.69. The number of ether oxygens (including phenoxy) is 2. The van der Waals surface area contributed by atoms with Crippen LogP contribution < -0.4 is 21.0 Å². The molecule has 0 spiro atoms. The van der Waals surface area contributed by atoms with Crippen molar-refractivity contribution in [3.8, 4) is 16.9 Å². The molecule has 0 bridgehead atoms. The second-order valence-corrected chi connectivity index (χ2v) is 11.7. The van der Waals surface area contributed by atoms with Crippen molar-refractivity contribution in [3.05, 3.63) is 81.9 Å². The molecule has 1 heterocycles. The van der Waals surface area contributed by atoms with Gasteiger partial charge in [-0.05, 0) is 129 Å². The Morgan fingerprint density at radius 2 is 1.85 bits per heavy atom. The molecule has 2 aliphatic rings. The molecule has 0 saturated heterocycles. The Balaban J connectivity index is 1.22. The number of fused-ring (bicyclic) bond motifs is 1. The number of nitrogens with one attached hydrogen (secondary N) is 3. The molecule has 0 fully saturated rings. The van der Waals surface area contributed by atoms with E-state index >= 15 is 0 Å². The maximum Gasteiger partial charge on any atom is 0.159 e. The van der Waals surface area contributed by atoms with Crippen molar-refractivity contribution in [1.82, 2.24) is 11.0 Å². The quantitative estimate of drug-likeness (QED) is 0.147. The molecular weight excluding hydrogens is 514 g/mol. The van der Waals surface area contributed by atoms with E-state index in [1.165, 1.54) is 44.5 Å². The number of nitrogens with zero attached hydrogens (tertiary/aromatic N) is 2. The van der Waals surface area contributed by atoms with Crippen LogP contribution in [0, 0.1) is 20.8 Å². The summed E-state index contributed by atoms with van der Waals surface area (Å²) >= 11 is 0. The predicted octanol–water partition coefficient (Wildman–Crippen LogP) is 6.63. The lowest BCUT2D eigenvalue weighted by molar-refractivity contribution is -0.176. The first-order chi connectivity index (χ1) is 19.7. The minimum Gasteiger partial charge on any atom is -0.493 e. The summed E-state index contributed by atoms with van der Waals surface area (Å²) in [5.41, 5.74) is 17.4. The highest BCUT2D eigenvalue weighted by atomic mass is 16.6. The lowest BCUT2D eigenvalue weighted by atomic mass is 9.90. The largest absolute Gasteiger partial charge is 0.493 e. The standard InChI is InChI=1S/C33H43N5O3/c1-21-16-28(40-14-7-15-41-33(4,5)39)17-22(2)32(21)29-9-6-8-26(23(29)3)20-34-27-12-13-30-24(18-27)10-11-25(30)19-31-35-37-38-36-31/h6,8-9,12-13,16-18,25,31,34,39H,7,10-11,14-15,19-20H2,1-5H3,(H,35,38)(H,36,37). The van der Waals surface area contributed by atoms with Crippen molar-refractivity contribution in [1.29, 1.82) is 0 Å². The molecule has 0 amide bonds. The van der Waals surface area contributed by atoms with Gasteiger partial charge in [0.1, 0.15) is 11.9 Å². The van der Waals surface area contributed by atoms with Crippen LogP contribution in [0.15, 0.2) is 58.9 Å². The summed E-state index contributed by atoms with van der Waals surface area (Å²) in [7, 11) is 0. The monoisotopic (exact) mass is 557 g/mol. The highest BCUT2D eigenvalue weighted by Gasteiger charge is 2.26. The van der Waals surface area contributed by atoms with E-state index in [1.54, 1.807) is 13.8 Å². The van der Waals surface area contributed by atoms with Crippen LogP contribution >= 0.6 is 0 Å². The summed E-state index contributed by atoms with van der Waals surface area (Å²) in [6.07, 6.45) is 4.00. The highest BCUT2D eigenvalue weighted by Crippen LogP contribution is 2.38. The third-order valence-electron chi connectivity index (χ3n) is 8.05. The average molecular weight is 558 g/mol. The fourth-order valence-corrected chi connectivity index (χ4v) is 6.01. The lowest BCUT2D eigenvalue weighted by Gasteiger charge is -2.19. The van der Waals surface area contributed by atoms with Crippen LogP contribution in [-0.2, 0) is 17.7 Å².